The van der Waals surface area contributed by atoms with Crippen molar-refractivity contribution in [2.24, 2.45) is 0 Å². The molecule has 0 fully saturated rings. The van der Waals surface area contributed by atoms with Crippen LogP contribution in [-0.2, 0) is 9.59 Å². The summed E-state index contributed by atoms with van der Waals surface area (Å²) in [6.07, 6.45) is 2.25. The summed E-state index contributed by atoms with van der Waals surface area (Å²) in [6.45, 7) is 3.58. The van der Waals surface area contributed by atoms with E-state index in [9.17, 15) is 9.59 Å². The Bertz CT molecular complexity index is 293. The molecule has 7 heteroatoms. The maximum Gasteiger partial charge on any atom is 0.322 e. The molecule has 0 aromatic heterocycles. The highest BCUT2D eigenvalue weighted by molar-refractivity contribution is 7.80. The predicted molar refractivity (Wildman–Crippen MR) is 76.4 cm³/mol. The van der Waals surface area contributed by atoms with Gasteiger partial charge >= 0.3 is 5.97 Å². The van der Waals surface area contributed by atoms with Crippen molar-refractivity contribution in [2.45, 2.75) is 44.7 Å². The molecule has 0 spiro atoms. The van der Waals surface area contributed by atoms with Crippen molar-refractivity contribution in [2.75, 3.05) is 18.9 Å². The molecule has 0 saturated heterocycles. The Labute approximate surface area is 119 Å². The average Bonchev–Trinajstić information content (AvgIpc) is 2.33. The summed E-state index contributed by atoms with van der Waals surface area (Å²) in [5.74, 6) is -1.22. The highest BCUT2D eigenvalue weighted by atomic mass is 32.1. The fraction of sp³-hybridized carbons (Fsp3) is 0.833. The van der Waals surface area contributed by atoms with Crippen LogP contribution in [0, 0.1) is 0 Å². The first-order valence-electron chi connectivity index (χ1n) is 6.37. The number of rotatable bonds is 10. The lowest BCUT2D eigenvalue weighted by Gasteiger charge is -2.33. The second kappa shape index (κ2) is 9.17. The molecule has 2 atom stereocenters. The summed E-state index contributed by atoms with van der Waals surface area (Å²) < 4.78 is 0. The van der Waals surface area contributed by atoms with E-state index in [1.165, 1.54) is 0 Å². The third kappa shape index (κ3) is 7.39. The van der Waals surface area contributed by atoms with Gasteiger partial charge in [0.05, 0.1) is 6.04 Å². The third-order valence-corrected chi connectivity index (χ3v) is 3.27. The number of hydrogen-bond donors (Lipinski definition) is 5. The normalized spacial score (nSPS) is 15.6. The van der Waals surface area contributed by atoms with Crippen LogP contribution >= 0.6 is 12.6 Å². The number of aliphatic carboxylic acids is 1. The van der Waals surface area contributed by atoms with E-state index in [0.717, 1.165) is 12.8 Å². The molecule has 0 bridgehead atoms. The van der Waals surface area contributed by atoms with Gasteiger partial charge in [-0.2, -0.15) is 12.6 Å². The molecule has 4 N–H and O–H groups in total. The molecule has 1 amide bonds. The van der Waals surface area contributed by atoms with Gasteiger partial charge < -0.3 is 15.5 Å². The second-order valence-electron chi connectivity index (χ2n) is 4.78. The Balaban J connectivity index is 4.57. The van der Waals surface area contributed by atoms with Crippen molar-refractivity contribution in [3.05, 3.63) is 0 Å². The maximum absolute atomic E-state index is 11.8. The van der Waals surface area contributed by atoms with Gasteiger partial charge in [-0.1, -0.05) is 13.3 Å². The van der Waals surface area contributed by atoms with Gasteiger partial charge in [0.1, 0.15) is 6.54 Å². The molecule has 0 radical (unpaired) electrons. The number of thiol groups is 1. The van der Waals surface area contributed by atoms with E-state index in [2.05, 4.69) is 23.3 Å². The van der Waals surface area contributed by atoms with Crippen molar-refractivity contribution in [3.63, 3.8) is 0 Å². The Morgan fingerprint density at radius 1 is 1.37 bits per heavy atom. The maximum atomic E-state index is 11.8. The van der Waals surface area contributed by atoms with Crippen LogP contribution in [0.5, 0.6) is 0 Å². The number of hydrogen-bond acceptors (Lipinski definition) is 5. The molecule has 0 rings (SSSR count). The van der Waals surface area contributed by atoms with Gasteiger partial charge in [-0.15, -0.1) is 0 Å². The summed E-state index contributed by atoms with van der Waals surface area (Å²) >= 11 is 4.11. The summed E-state index contributed by atoms with van der Waals surface area (Å²) in [6, 6.07) is -0.578. The van der Waals surface area contributed by atoms with Gasteiger partial charge in [0.2, 0.25) is 5.91 Å². The fourth-order valence-corrected chi connectivity index (χ4v) is 2.23. The van der Waals surface area contributed by atoms with Crippen molar-refractivity contribution in [3.8, 4) is 0 Å². The van der Waals surface area contributed by atoms with Crippen LogP contribution in [0.25, 0.3) is 0 Å². The molecule has 0 saturated carbocycles. The standard InChI is InChI=1S/C12H24N2O4S/c1-3-4-12(2,5-6-15)14-9(8-19)11(18)13-7-10(16)17/h9,14-15,19H,3-8H2,1-2H3,(H,13,18)(H,16,17). The Hall–Kier alpha value is -0.790. The summed E-state index contributed by atoms with van der Waals surface area (Å²) in [5, 5.41) is 23.1. The first-order valence-corrected chi connectivity index (χ1v) is 7.00. The van der Waals surface area contributed by atoms with Gasteiger partial charge in [-0.05, 0) is 19.8 Å². The van der Waals surface area contributed by atoms with Gasteiger partial charge in [0.25, 0.3) is 0 Å². The number of carbonyl (C=O) groups is 2. The second-order valence-corrected chi connectivity index (χ2v) is 5.14. The van der Waals surface area contributed by atoms with E-state index in [4.69, 9.17) is 10.2 Å². The minimum absolute atomic E-state index is 0.0273. The van der Waals surface area contributed by atoms with E-state index in [1.54, 1.807) is 0 Å². The van der Waals surface area contributed by atoms with Crippen LogP contribution in [-0.4, -0.2) is 52.6 Å². The number of carboxylic acid groups (broad SMARTS) is 1. The van der Waals surface area contributed by atoms with E-state index in [1.807, 2.05) is 13.8 Å². The molecule has 0 aliphatic heterocycles. The highest BCUT2D eigenvalue weighted by Crippen LogP contribution is 2.17. The van der Waals surface area contributed by atoms with E-state index in [0.29, 0.717) is 6.42 Å². The number of amides is 1. The van der Waals surface area contributed by atoms with Crippen LogP contribution in [0.2, 0.25) is 0 Å². The van der Waals surface area contributed by atoms with Crippen molar-refractivity contribution >= 4 is 24.5 Å². The molecule has 0 aromatic carbocycles. The van der Waals surface area contributed by atoms with Crippen LogP contribution < -0.4 is 10.6 Å². The predicted octanol–water partition coefficient (Wildman–Crippen LogP) is 0.0164. The largest absolute Gasteiger partial charge is 0.480 e. The first kappa shape index (κ1) is 18.2. The fourth-order valence-electron chi connectivity index (χ4n) is 1.97. The van der Waals surface area contributed by atoms with Crippen molar-refractivity contribution < 1.29 is 19.8 Å². The van der Waals surface area contributed by atoms with Crippen molar-refractivity contribution in [1.82, 2.24) is 10.6 Å². The molecule has 112 valence electrons. The molecule has 19 heavy (non-hydrogen) atoms. The summed E-state index contributed by atoms with van der Waals surface area (Å²) in [7, 11) is 0. The lowest BCUT2D eigenvalue weighted by atomic mass is 9.91. The zero-order valence-corrected chi connectivity index (χ0v) is 12.4. The van der Waals surface area contributed by atoms with Gasteiger partial charge in [-0.25, -0.2) is 0 Å². The van der Waals surface area contributed by atoms with Crippen LogP contribution in [0.3, 0.4) is 0 Å². The first-order chi connectivity index (χ1) is 8.88. The number of carbonyl (C=O) groups excluding carboxylic acids is 1. The number of nitrogens with one attached hydrogen (secondary N) is 2. The number of aliphatic hydroxyl groups is 1. The van der Waals surface area contributed by atoms with Crippen LogP contribution in [0.15, 0.2) is 0 Å². The molecule has 0 aliphatic carbocycles. The zero-order chi connectivity index (χ0) is 14.9. The monoisotopic (exact) mass is 292 g/mol. The quantitative estimate of drug-likeness (QED) is 0.366. The minimum atomic E-state index is -1.09. The molecule has 2 unspecified atom stereocenters. The Morgan fingerprint density at radius 3 is 2.42 bits per heavy atom. The zero-order valence-electron chi connectivity index (χ0n) is 11.5. The molecule has 0 aliphatic rings. The van der Waals surface area contributed by atoms with Crippen LogP contribution in [0.4, 0.5) is 0 Å². The average molecular weight is 292 g/mol. The highest BCUT2D eigenvalue weighted by Gasteiger charge is 2.28. The third-order valence-electron chi connectivity index (χ3n) is 2.90. The SMILES string of the molecule is CCCC(C)(CCO)NC(CS)C(=O)NCC(=O)O. The molecular formula is C12H24N2O4S. The molecular weight excluding hydrogens is 268 g/mol. The Kier molecular flexibility index (Phi) is 8.79. The Morgan fingerprint density at radius 2 is 2.00 bits per heavy atom. The van der Waals surface area contributed by atoms with Crippen molar-refractivity contribution in [1.29, 1.82) is 0 Å². The number of aliphatic hydroxyl groups excluding tert-OH is 1. The van der Waals surface area contributed by atoms with E-state index < -0.39 is 24.5 Å². The van der Waals surface area contributed by atoms with Gasteiger partial charge in [-0.3, -0.25) is 14.9 Å². The van der Waals surface area contributed by atoms with E-state index >= 15 is 0 Å². The topological polar surface area (TPSA) is 98.7 Å². The van der Waals surface area contributed by atoms with Crippen LogP contribution in [0.1, 0.15) is 33.1 Å². The van der Waals surface area contributed by atoms with Gasteiger partial charge in [0.15, 0.2) is 0 Å². The molecule has 0 heterocycles. The van der Waals surface area contributed by atoms with E-state index in [-0.39, 0.29) is 17.9 Å². The number of carboxylic acids is 1. The molecule has 0 aromatic rings. The summed E-state index contributed by atoms with van der Waals surface area (Å²) in [4.78, 5) is 22.2. The summed E-state index contributed by atoms with van der Waals surface area (Å²) in [5.41, 5.74) is -0.364. The minimum Gasteiger partial charge on any atom is -0.480 e. The van der Waals surface area contributed by atoms with Gasteiger partial charge in [0, 0.05) is 17.9 Å². The lowest BCUT2D eigenvalue weighted by Crippen LogP contribution is -2.56. The lowest BCUT2D eigenvalue weighted by molar-refractivity contribution is -0.138. The molecule has 6 nitrogen and oxygen atoms in total. The smallest absolute Gasteiger partial charge is 0.322 e.